The van der Waals surface area contributed by atoms with Gasteiger partial charge in [0.15, 0.2) is 0 Å². The molecule has 6 nitrogen and oxygen atoms in total. The number of nitrogens with zero attached hydrogens (tertiary/aromatic N) is 2. The van der Waals surface area contributed by atoms with E-state index < -0.39 is 11.5 Å². The van der Waals surface area contributed by atoms with E-state index in [9.17, 15) is 14.7 Å². The molecule has 0 aliphatic heterocycles. The van der Waals surface area contributed by atoms with Crippen molar-refractivity contribution in [3.63, 3.8) is 0 Å². The van der Waals surface area contributed by atoms with Gasteiger partial charge in [-0.2, -0.15) is 0 Å². The average Bonchev–Trinajstić information content (AvgIpc) is 3.05. The molecule has 25 heavy (non-hydrogen) atoms. The van der Waals surface area contributed by atoms with E-state index in [0.29, 0.717) is 5.56 Å². The van der Waals surface area contributed by atoms with Gasteiger partial charge in [-0.05, 0) is 30.7 Å². The minimum Gasteiger partial charge on any atom is -0.496 e. The number of hydrogen-bond acceptors (Lipinski definition) is 5. The highest BCUT2D eigenvalue weighted by Gasteiger charge is 2.15. The molecule has 0 fully saturated rings. The summed E-state index contributed by atoms with van der Waals surface area (Å²) < 4.78 is 6.73. The second-order valence-electron chi connectivity index (χ2n) is 5.44. The van der Waals surface area contributed by atoms with Crippen molar-refractivity contribution < 1.29 is 14.6 Å². The molecule has 0 spiro atoms. The normalized spacial score (nSPS) is 10.6. The third-order valence-corrected chi connectivity index (χ3v) is 4.82. The van der Waals surface area contributed by atoms with E-state index in [4.69, 9.17) is 4.74 Å². The summed E-state index contributed by atoms with van der Waals surface area (Å²) in [4.78, 5) is 28.9. The fourth-order valence-corrected chi connectivity index (χ4v) is 3.49. The Morgan fingerprint density at radius 2 is 2.08 bits per heavy atom. The summed E-state index contributed by atoms with van der Waals surface area (Å²) >= 11 is 1.44. The molecule has 0 radical (unpaired) electrons. The molecule has 3 aromatic rings. The summed E-state index contributed by atoms with van der Waals surface area (Å²) in [5.74, 6) is -0.486. The number of para-hydroxylation sites is 1. The number of carboxylic acid groups (broad SMARTS) is 1. The minimum atomic E-state index is -1.21. The highest BCUT2D eigenvalue weighted by molar-refractivity contribution is 7.15. The van der Waals surface area contributed by atoms with E-state index in [2.05, 4.69) is 4.98 Å². The van der Waals surface area contributed by atoms with E-state index in [1.807, 2.05) is 24.3 Å². The van der Waals surface area contributed by atoms with E-state index in [1.165, 1.54) is 15.9 Å². The van der Waals surface area contributed by atoms with Crippen LogP contribution in [0.15, 0.2) is 47.5 Å². The van der Waals surface area contributed by atoms with E-state index in [1.54, 1.807) is 32.5 Å². The Morgan fingerprint density at radius 1 is 1.32 bits per heavy atom. The first kappa shape index (κ1) is 16.9. The Balaban J connectivity index is 1.94. The lowest BCUT2D eigenvalue weighted by Crippen LogP contribution is -2.27. The zero-order chi connectivity index (χ0) is 18.0. The lowest BCUT2D eigenvalue weighted by atomic mass is 10.1. The molecule has 0 saturated carbocycles. The summed E-state index contributed by atoms with van der Waals surface area (Å²) in [5.41, 5.74) is 0.619. The highest BCUT2D eigenvalue weighted by atomic mass is 32.1. The number of aryl methyl sites for hydroxylation is 1. The van der Waals surface area contributed by atoms with Crippen LogP contribution in [0.4, 0.5) is 0 Å². The Morgan fingerprint density at radius 3 is 2.80 bits per heavy atom. The molecule has 0 amide bonds. The molecule has 0 atom stereocenters. The molecule has 7 heteroatoms. The molecular weight excluding hydrogens is 340 g/mol. The Hall–Kier alpha value is -2.93. The first-order chi connectivity index (χ1) is 12.0. The second kappa shape index (κ2) is 6.90. The van der Waals surface area contributed by atoms with Gasteiger partial charge in [0.1, 0.15) is 16.3 Å². The number of benzene rings is 1. The van der Waals surface area contributed by atoms with Gasteiger partial charge in [0.25, 0.3) is 5.56 Å². The van der Waals surface area contributed by atoms with Gasteiger partial charge in [-0.1, -0.05) is 12.1 Å². The number of pyridine rings is 1. The van der Waals surface area contributed by atoms with Crippen LogP contribution in [-0.2, 0) is 6.54 Å². The van der Waals surface area contributed by atoms with Crippen LogP contribution >= 0.6 is 11.3 Å². The predicted octanol–water partition coefficient (Wildman–Crippen LogP) is 3.04. The Kier molecular flexibility index (Phi) is 4.67. The van der Waals surface area contributed by atoms with Gasteiger partial charge in [-0.25, -0.2) is 9.78 Å². The van der Waals surface area contributed by atoms with Gasteiger partial charge in [-0.15, -0.1) is 11.3 Å². The van der Waals surface area contributed by atoms with Crippen molar-refractivity contribution in [2.24, 2.45) is 0 Å². The third-order valence-electron chi connectivity index (χ3n) is 3.80. The zero-order valence-corrected chi connectivity index (χ0v) is 14.5. The van der Waals surface area contributed by atoms with Crippen molar-refractivity contribution >= 4 is 17.3 Å². The summed E-state index contributed by atoms with van der Waals surface area (Å²) in [6, 6.07) is 9.20. The zero-order valence-electron chi connectivity index (χ0n) is 13.7. The molecule has 0 aliphatic rings. The quantitative estimate of drug-likeness (QED) is 0.760. The van der Waals surface area contributed by atoms with Crippen LogP contribution in [0.5, 0.6) is 5.75 Å². The van der Waals surface area contributed by atoms with Crippen LogP contribution < -0.4 is 10.3 Å². The number of carbonyl (C=O) groups is 1. The largest absolute Gasteiger partial charge is 0.496 e. The van der Waals surface area contributed by atoms with Gasteiger partial charge in [0, 0.05) is 17.3 Å². The van der Waals surface area contributed by atoms with Gasteiger partial charge in [-0.3, -0.25) is 4.79 Å². The number of aromatic nitrogens is 2. The van der Waals surface area contributed by atoms with Crippen molar-refractivity contribution in [1.82, 2.24) is 9.55 Å². The van der Waals surface area contributed by atoms with Crippen molar-refractivity contribution in [2.45, 2.75) is 13.5 Å². The summed E-state index contributed by atoms with van der Waals surface area (Å²) in [6.07, 6.45) is 3.30. The molecule has 0 bridgehead atoms. The maximum Gasteiger partial charge on any atom is 0.341 e. The van der Waals surface area contributed by atoms with Crippen LogP contribution in [0.3, 0.4) is 0 Å². The maximum absolute atomic E-state index is 12.4. The number of thiazole rings is 1. The van der Waals surface area contributed by atoms with Crippen LogP contribution in [0, 0.1) is 6.92 Å². The lowest BCUT2D eigenvalue weighted by Gasteiger charge is -2.07. The number of ether oxygens (including phenoxy) is 1. The standard InChI is InChI=1S/C18H16N2O4S/c1-11-7-8-20(17(21)15(11)18(22)23)10-12-9-19-16(25-12)13-5-3-4-6-14(13)24-2/h3-9H,10H2,1-2H3,(H,22,23). The first-order valence-electron chi connectivity index (χ1n) is 7.52. The molecule has 1 N–H and O–H groups in total. The van der Waals surface area contributed by atoms with Gasteiger partial charge in [0.05, 0.1) is 19.2 Å². The lowest BCUT2D eigenvalue weighted by molar-refractivity contribution is 0.0693. The fraction of sp³-hybridized carbons (Fsp3) is 0.167. The third kappa shape index (κ3) is 3.32. The van der Waals surface area contributed by atoms with Crippen LogP contribution in [0.2, 0.25) is 0 Å². The Bertz CT molecular complexity index is 991. The SMILES string of the molecule is COc1ccccc1-c1ncc(Cn2ccc(C)c(C(=O)O)c2=O)s1. The van der Waals surface area contributed by atoms with Gasteiger partial charge >= 0.3 is 5.97 Å². The second-order valence-corrected chi connectivity index (χ2v) is 6.56. The number of hydrogen-bond donors (Lipinski definition) is 1. The van der Waals surface area contributed by atoms with E-state index in [-0.39, 0.29) is 12.1 Å². The van der Waals surface area contributed by atoms with Crippen LogP contribution in [0.25, 0.3) is 10.6 Å². The number of aromatic carboxylic acids is 1. The van der Waals surface area contributed by atoms with Crippen LogP contribution in [-0.4, -0.2) is 27.7 Å². The van der Waals surface area contributed by atoms with Gasteiger partial charge < -0.3 is 14.4 Å². The maximum atomic E-state index is 12.4. The molecule has 128 valence electrons. The van der Waals surface area contributed by atoms with E-state index in [0.717, 1.165) is 21.2 Å². The average molecular weight is 356 g/mol. The molecule has 2 heterocycles. The highest BCUT2D eigenvalue weighted by Crippen LogP contribution is 2.32. The summed E-state index contributed by atoms with van der Waals surface area (Å²) in [7, 11) is 1.60. The molecule has 0 aliphatic carbocycles. The monoisotopic (exact) mass is 356 g/mol. The van der Waals surface area contributed by atoms with Crippen molar-refractivity contribution in [1.29, 1.82) is 0 Å². The van der Waals surface area contributed by atoms with Crippen LogP contribution in [0.1, 0.15) is 20.8 Å². The number of rotatable bonds is 5. The van der Waals surface area contributed by atoms with Gasteiger partial charge in [0.2, 0.25) is 0 Å². The number of carboxylic acids is 1. The number of methoxy groups -OCH3 is 1. The molecular formula is C18H16N2O4S. The molecule has 1 aromatic carbocycles. The summed E-state index contributed by atoms with van der Waals surface area (Å²) in [5, 5.41) is 9.99. The molecule has 0 unspecified atom stereocenters. The minimum absolute atomic E-state index is 0.197. The topological polar surface area (TPSA) is 81.4 Å². The molecule has 2 aromatic heterocycles. The van der Waals surface area contributed by atoms with E-state index >= 15 is 0 Å². The Labute approximate surface area is 148 Å². The summed E-state index contributed by atoms with van der Waals surface area (Å²) in [6.45, 7) is 1.88. The predicted molar refractivity (Wildman–Crippen MR) is 95.6 cm³/mol. The molecule has 0 saturated heterocycles. The fourth-order valence-electron chi connectivity index (χ4n) is 2.54. The smallest absolute Gasteiger partial charge is 0.341 e. The van der Waals surface area contributed by atoms with Crippen molar-refractivity contribution in [2.75, 3.05) is 7.11 Å². The van der Waals surface area contributed by atoms with Crippen molar-refractivity contribution in [3.05, 3.63) is 69.1 Å². The van der Waals surface area contributed by atoms with Crippen molar-refractivity contribution in [3.8, 4) is 16.3 Å². The first-order valence-corrected chi connectivity index (χ1v) is 8.34. The molecule has 3 rings (SSSR count).